The van der Waals surface area contributed by atoms with E-state index in [0.29, 0.717) is 11.6 Å². The average Bonchev–Trinajstić information content (AvgIpc) is 3.03. The molecule has 3 N–H and O–H groups in total. The largest absolute Gasteiger partial charge is 0.324 e. The fourth-order valence-corrected chi connectivity index (χ4v) is 4.73. The van der Waals surface area contributed by atoms with Crippen LogP contribution in [-0.2, 0) is 16.6 Å². The van der Waals surface area contributed by atoms with E-state index in [2.05, 4.69) is 32.3 Å². The number of benzene rings is 2. The van der Waals surface area contributed by atoms with Crippen LogP contribution >= 0.6 is 11.3 Å². The van der Waals surface area contributed by atoms with Gasteiger partial charge < -0.3 is 10.2 Å². The van der Waals surface area contributed by atoms with Gasteiger partial charge in [0.05, 0.1) is 10.4 Å². The molecule has 4 rings (SSSR count). The highest BCUT2D eigenvalue weighted by molar-refractivity contribution is 7.89. The van der Waals surface area contributed by atoms with Gasteiger partial charge in [-0.05, 0) is 50.5 Å². The summed E-state index contributed by atoms with van der Waals surface area (Å²) < 4.78 is 24.3. The molecule has 0 aliphatic rings. The summed E-state index contributed by atoms with van der Waals surface area (Å²) in [5.74, 6) is 0.395. The molecule has 9 heteroatoms. The first kappa shape index (κ1) is 18.8. The molecule has 4 aromatic rings. The molecule has 0 fully saturated rings. The van der Waals surface area contributed by atoms with Crippen molar-refractivity contribution in [1.82, 2.24) is 14.9 Å². The van der Waals surface area contributed by atoms with E-state index in [1.807, 2.05) is 20.2 Å². The van der Waals surface area contributed by atoms with Crippen molar-refractivity contribution in [3.8, 4) is 0 Å². The molecule has 2 aromatic carbocycles. The lowest BCUT2D eigenvalue weighted by Gasteiger charge is -2.07. The SMILES string of the molecule is CN(C)Cc1cc2c(ccc3cnc(Nc4cccc(S(N)(=O)=O)c4)nc32)s1. The quantitative estimate of drug-likeness (QED) is 0.521. The monoisotopic (exact) mass is 413 g/mol. The van der Waals surface area contributed by atoms with Gasteiger partial charge in [-0.3, -0.25) is 0 Å². The van der Waals surface area contributed by atoms with Gasteiger partial charge in [0.25, 0.3) is 0 Å². The number of nitrogens with two attached hydrogens (primary N) is 1. The second-order valence-electron chi connectivity index (χ2n) is 6.76. The van der Waals surface area contributed by atoms with Crippen molar-refractivity contribution in [2.75, 3.05) is 19.4 Å². The summed E-state index contributed by atoms with van der Waals surface area (Å²) >= 11 is 1.75. The van der Waals surface area contributed by atoms with E-state index in [0.717, 1.165) is 22.8 Å². The van der Waals surface area contributed by atoms with Crippen molar-refractivity contribution >= 4 is 54.0 Å². The summed E-state index contributed by atoms with van der Waals surface area (Å²) in [6.07, 6.45) is 1.76. The number of nitrogens with zero attached hydrogens (tertiary/aromatic N) is 3. The van der Waals surface area contributed by atoms with Crippen molar-refractivity contribution in [2.24, 2.45) is 5.14 Å². The highest BCUT2D eigenvalue weighted by Gasteiger charge is 2.11. The first-order valence-electron chi connectivity index (χ1n) is 8.52. The standard InChI is InChI=1S/C19H19N5O2S2/c1-24(2)11-14-9-16-17(27-14)7-6-12-10-21-19(23-18(12)16)22-13-4-3-5-15(8-13)28(20,25)26/h3-10H,11H2,1-2H3,(H2,20,25,26)(H,21,22,23). The van der Waals surface area contributed by atoms with Crippen LogP contribution < -0.4 is 10.5 Å². The molecule has 28 heavy (non-hydrogen) atoms. The van der Waals surface area contributed by atoms with Gasteiger partial charge in [0.15, 0.2) is 0 Å². The maximum absolute atomic E-state index is 11.6. The second kappa shape index (κ2) is 7.10. The Morgan fingerprint density at radius 3 is 2.75 bits per heavy atom. The number of nitrogens with one attached hydrogen (secondary N) is 1. The predicted octanol–water partition coefficient (Wildman–Crippen LogP) is 3.30. The van der Waals surface area contributed by atoms with Gasteiger partial charge in [-0.1, -0.05) is 6.07 Å². The molecule has 2 heterocycles. The minimum atomic E-state index is -3.77. The summed E-state index contributed by atoms with van der Waals surface area (Å²) in [6.45, 7) is 0.872. The lowest BCUT2D eigenvalue weighted by molar-refractivity contribution is 0.406. The molecule has 0 aliphatic carbocycles. The van der Waals surface area contributed by atoms with Gasteiger partial charge in [-0.15, -0.1) is 11.3 Å². The van der Waals surface area contributed by atoms with E-state index in [1.165, 1.54) is 21.7 Å². The molecule has 0 aliphatic heterocycles. The molecule has 7 nitrogen and oxygen atoms in total. The first-order chi connectivity index (χ1) is 13.3. The topological polar surface area (TPSA) is 101 Å². The number of rotatable bonds is 5. The van der Waals surface area contributed by atoms with E-state index in [-0.39, 0.29) is 4.90 Å². The molecule has 0 amide bonds. The highest BCUT2D eigenvalue weighted by atomic mass is 32.2. The molecule has 0 saturated heterocycles. The first-order valence-corrected chi connectivity index (χ1v) is 10.9. The summed E-state index contributed by atoms with van der Waals surface area (Å²) in [4.78, 5) is 12.5. The fraction of sp³-hybridized carbons (Fsp3) is 0.158. The summed E-state index contributed by atoms with van der Waals surface area (Å²) in [7, 11) is 0.316. The van der Waals surface area contributed by atoms with E-state index in [4.69, 9.17) is 5.14 Å². The highest BCUT2D eigenvalue weighted by Crippen LogP contribution is 2.32. The predicted molar refractivity (Wildman–Crippen MR) is 113 cm³/mol. The Labute approximate surface area is 166 Å². The van der Waals surface area contributed by atoms with Gasteiger partial charge in [0.1, 0.15) is 0 Å². The molecular formula is C19H19N5O2S2. The summed E-state index contributed by atoms with van der Waals surface area (Å²) in [5, 5.41) is 10.3. The van der Waals surface area contributed by atoms with Gasteiger partial charge in [0, 0.05) is 38.8 Å². The number of hydrogen-bond acceptors (Lipinski definition) is 7. The van der Waals surface area contributed by atoms with Crippen LogP contribution in [0, 0.1) is 0 Å². The van der Waals surface area contributed by atoms with Crippen molar-refractivity contribution in [3.63, 3.8) is 0 Å². The minimum Gasteiger partial charge on any atom is -0.324 e. The maximum Gasteiger partial charge on any atom is 0.238 e. The number of aromatic nitrogens is 2. The summed E-state index contributed by atoms with van der Waals surface area (Å²) in [6, 6.07) is 12.5. The Balaban J connectivity index is 1.74. The van der Waals surface area contributed by atoms with Crippen LogP contribution in [0.5, 0.6) is 0 Å². The van der Waals surface area contributed by atoms with Crippen LogP contribution in [0.2, 0.25) is 0 Å². The molecule has 2 aromatic heterocycles. The van der Waals surface area contributed by atoms with Gasteiger partial charge in [0.2, 0.25) is 16.0 Å². The van der Waals surface area contributed by atoms with Crippen LogP contribution in [0.4, 0.5) is 11.6 Å². The number of hydrogen-bond donors (Lipinski definition) is 2. The Morgan fingerprint density at radius 2 is 2.00 bits per heavy atom. The number of primary sulfonamides is 1. The van der Waals surface area contributed by atoms with Crippen molar-refractivity contribution in [1.29, 1.82) is 0 Å². The third kappa shape index (κ3) is 3.83. The second-order valence-corrected chi connectivity index (χ2v) is 9.49. The molecule has 0 atom stereocenters. The molecule has 144 valence electrons. The Kier molecular flexibility index (Phi) is 4.76. The maximum atomic E-state index is 11.6. The van der Waals surface area contributed by atoms with Crippen molar-refractivity contribution < 1.29 is 8.42 Å². The molecule has 0 unspecified atom stereocenters. The zero-order valence-electron chi connectivity index (χ0n) is 15.4. The number of thiophene rings is 1. The van der Waals surface area contributed by atoms with Crippen molar-refractivity contribution in [3.05, 3.63) is 53.5 Å². The van der Waals surface area contributed by atoms with Crippen molar-refractivity contribution in [2.45, 2.75) is 11.4 Å². The minimum absolute atomic E-state index is 0.0341. The molecule has 0 radical (unpaired) electrons. The zero-order chi connectivity index (χ0) is 19.9. The molecule has 0 bridgehead atoms. The number of sulfonamides is 1. The third-order valence-electron chi connectivity index (χ3n) is 4.19. The number of fused-ring (bicyclic) bond motifs is 3. The van der Waals surface area contributed by atoms with E-state index < -0.39 is 10.0 Å². The average molecular weight is 414 g/mol. The third-order valence-corrected chi connectivity index (χ3v) is 6.19. The Morgan fingerprint density at radius 1 is 1.18 bits per heavy atom. The zero-order valence-corrected chi connectivity index (χ0v) is 17.0. The van der Waals surface area contributed by atoms with Crippen LogP contribution in [0.1, 0.15) is 4.88 Å². The molecule has 0 spiro atoms. The van der Waals surface area contributed by atoms with E-state index in [9.17, 15) is 8.42 Å². The fourth-order valence-electron chi connectivity index (χ4n) is 2.99. The Hall–Kier alpha value is -2.59. The number of anilines is 2. The van der Waals surface area contributed by atoms with Gasteiger partial charge >= 0.3 is 0 Å². The summed E-state index contributed by atoms with van der Waals surface area (Å²) in [5.41, 5.74) is 1.41. The van der Waals surface area contributed by atoms with E-state index >= 15 is 0 Å². The molecular weight excluding hydrogens is 394 g/mol. The van der Waals surface area contributed by atoms with Crippen LogP contribution in [0.15, 0.2) is 53.6 Å². The lowest BCUT2D eigenvalue weighted by Crippen LogP contribution is -2.12. The smallest absolute Gasteiger partial charge is 0.238 e. The van der Waals surface area contributed by atoms with Crippen LogP contribution in [-0.4, -0.2) is 37.4 Å². The van der Waals surface area contributed by atoms with E-state index in [1.54, 1.807) is 29.7 Å². The normalized spacial score (nSPS) is 12.1. The molecule has 0 saturated carbocycles. The van der Waals surface area contributed by atoms with Crippen LogP contribution in [0.3, 0.4) is 0 Å². The lowest BCUT2D eigenvalue weighted by atomic mass is 10.2. The van der Waals surface area contributed by atoms with Gasteiger partial charge in [-0.25, -0.2) is 23.5 Å². The Bertz CT molecular complexity index is 1280. The van der Waals surface area contributed by atoms with Crippen LogP contribution in [0.25, 0.3) is 21.0 Å². The van der Waals surface area contributed by atoms with Gasteiger partial charge in [-0.2, -0.15) is 0 Å².